The Kier molecular flexibility index (Phi) is 8.23. The van der Waals surface area contributed by atoms with Crippen LogP contribution in [0.2, 0.25) is 5.02 Å². The molecule has 3 aromatic carbocycles. The van der Waals surface area contributed by atoms with Gasteiger partial charge in [-0.1, -0.05) is 84.4 Å². The third-order valence-corrected chi connectivity index (χ3v) is 6.54. The summed E-state index contributed by atoms with van der Waals surface area (Å²) in [6.45, 7) is 0.304. The summed E-state index contributed by atoms with van der Waals surface area (Å²) in [6, 6.07) is 22.2. The number of methoxy groups -OCH3 is 1. The molecule has 2 amide bonds. The number of hydrogen-bond acceptors (Lipinski definition) is 5. The van der Waals surface area contributed by atoms with Crippen LogP contribution in [0.15, 0.2) is 78.9 Å². The zero-order valence-electron chi connectivity index (χ0n) is 19.9. The summed E-state index contributed by atoms with van der Waals surface area (Å²) in [5.74, 6) is -1.07. The van der Waals surface area contributed by atoms with Gasteiger partial charge in [-0.15, -0.1) is 0 Å². The Labute approximate surface area is 215 Å². The second-order valence-electron chi connectivity index (χ2n) is 8.54. The van der Waals surface area contributed by atoms with E-state index in [1.165, 1.54) is 12.0 Å². The van der Waals surface area contributed by atoms with Crippen LogP contribution >= 0.6 is 11.6 Å². The molecule has 2 atom stereocenters. The molecule has 1 aliphatic rings. The number of fused-ring (bicyclic) bond motifs is 1. The highest BCUT2D eigenvalue weighted by Crippen LogP contribution is 2.25. The first-order chi connectivity index (χ1) is 17.5. The van der Waals surface area contributed by atoms with Crippen molar-refractivity contribution in [3.63, 3.8) is 0 Å². The van der Waals surface area contributed by atoms with Crippen molar-refractivity contribution in [1.82, 2.24) is 10.2 Å². The van der Waals surface area contributed by atoms with E-state index in [9.17, 15) is 14.4 Å². The van der Waals surface area contributed by atoms with Gasteiger partial charge in [0.2, 0.25) is 5.91 Å². The lowest BCUT2D eigenvalue weighted by Crippen LogP contribution is -2.56. The molecule has 4 rings (SSSR count). The van der Waals surface area contributed by atoms with Crippen LogP contribution < -0.4 is 5.32 Å². The SMILES string of the molecule is COC(=O)[C@H](Cc1ccccc1Cl)NC(=O)[C@@H]1Cc2ccccc2CN1C(=O)OCc1ccccc1. The number of nitrogens with zero attached hydrogens (tertiary/aromatic N) is 1. The third kappa shape index (κ3) is 6.04. The van der Waals surface area contributed by atoms with E-state index >= 15 is 0 Å². The summed E-state index contributed by atoms with van der Waals surface area (Å²) < 4.78 is 10.5. The van der Waals surface area contributed by atoms with E-state index in [0.29, 0.717) is 17.0 Å². The molecule has 0 aliphatic carbocycles. The van der Waals surface area contributed by atoms with E-state index in [1.807, 2.05) is 54.6 Å². The highest BCUT2D eigenvalue weighted by Gasteiger charge is 2.37. The van der Waals surface area contributed by atoms with Crippen molar-refractivity contribution in [2.75, 3.05) is 7.11 Å². The zero-order valence-corrected chi connectivity index (χ0v) is 20.6. The first-order valence-corrected chi connectivity index (χ1v) is 12.0. The first kappa shape index (κ1) is 25.3. The highest BCUT2D eigenvalue weighted by atomic mass is 35.5. The van der Waals surface area contributed by atoms with Crippen molar-refractivity contribution < 1.29 is 23.9 Å². The molecule has 0 unspecified atom stereocenters. The number of carbonyl (C=O) groups is 3. The maximum atomic E-state index is 13.5. The molecule has 1 heterocycles. The van der Waals surface area contributed by atoms with Crippen molar-refractivity contribution in [2.24, 2.45) is 0 Å². The monoisotopic (exact) mass is 506 g/mol. The van der Waals surface area contributed by atoms with Crippen molar-refractivity contribution >= 4 is 29.6 Å². The molecule has 0 bridgehead atoms. The summed E-state index contributed by atoms with van der Waals surface area (Å²) in [6.07, 6.45) is -0.156. The van der Waals surface area contributed by atoms with Crippen LogP contribution in [0.5, 0.6) is 0 Å². The average molecular weight is 507 g/mol. The number of ether oxygens (including phenoxy) is 2. The average Bonchev–Trinajstić information content (AvgIpc) is 2.91. The molecular formula is C28H27ClN2O5. The largest absolute Gasteiger partial charge is 0.467 e. The van der Waals surface area contributed by atoms with Gasteiger partial charge in [0.1, 0.15) is 18.7 Å². The minimum Gasteiger partial charge on any atom is -0.467 e. The summed E-state index contributed by atoms with van der Waals surface area (Å²) in [7, 11) is 1.26. The van der Waals surface area contributed by atoms with E-state index < -0.39 is 30.1 Å². The molecule has 1 N–H and O–H groups in total. The van der Waals surface area contributed by atoms with E-state index in [0.717, 1.165) is 16.7 Å². The van der Waals surface area contributed by atoms with Crippen LogP contribution in [0, 0.1) is 0 Å². The Balaban J connectivity index is 1.54. The van der Waals surface area contributed by atoms with E-state index in [4.69, 9.17) is 21.1 Å². The van der Waals surface area contributed by atoms with Crippen LogP contribution in [0.25, 0.3) is 0 Å². The fraction of sp³-hybridized carbons (Fsp3) is 0.250. The van der Waals surface area contributed by atoms with Crippen LogP contribution in [0.4, 0.5) is 4.79 Å². The molecule has 186 valence electrons. The normalized spacial score (nSPS) is 15.4. The Morgan fingerprint density at radius 3 is 2.36 bits per heavy atom. The molecule has 7 nitrogen and oxygen atoms in total. The van der Waals surface area contributed by atoms with Gasteiger partial charge in [0, 0.05) is 17.9 Å². The van der Waals surface area contributed by atoms with E-state index in [-0.39, 0.29) is 19.6 Å². The number of amides is 2. The number of esters is 1. The number of benzene rings is 3. The Morgan fingerprint density at radius 1 is 0.972 bits per heavy atom. The number of hydrogen-bond donors (Lipinski definition) is 1. The number of nitrogens with one attached hydrogen (secondary N) is 1. The summed E-state index contributed by atoms with van der Waals surface area (Å²) >= 11 is 6.27. The Morgan fingerprint density at radius 2 is 1.64 bits per heavy atom. The van der Waals surface area contributed by atoms with Gasteiger partial charge in [-0.25, -0.2) is 9.59 Å². The first-order valence-electron chi connectivity index (χ1n) is 11.6. The van der Waals surface area contributed by atoms with Crippen molar-refractivity contribution in [3.05, 3.63) is 106 Å². The molecule has 0 saturated heterocycles. The Hall–Kier alpha value is -3.84. The van der Waals surface area contributed by atoms with Gasteiger partial charge in [-0.2, -0.15) is 0 Å². The summed E-state index contributed by atoms with van der Waals surface area (Å²) in [5, 5.41) is 3.27. The van der Waals surface area contributed by atoms with Gasteiger partial charge in [-0.3, -0.25) is 9.69 Å². The molecular weight excluding hydrogens is 480 g/mol. The maximum Gasteiger partial charge on any atom is 0.411 e. The van der Waals surface area contributed by atoms with E-state index in [2.05, 4.69) is 5.32 Å². The number of rotatable bonds is 7. The standard InChI is InChI=1S/C28H27ClN2O5/c1-35-27(33)24(15-21-12-7-8-14-23(21)29)30-26(32)25-16-20-11-5-6-13-22(20)17-31(25)28(34)36-18-19-9-3-2-4-10-19/h2-14,24-25H,15-18H2,1H3,(H,30,32)/t24-,25-/m0/s1. The number of carbonyl (C=O) groups excluding carboxylic acids is 3. The van der Waals surface area contributed by atoms with Gasteiger partial charge in [0.25, 0.3) is 0 Å². The van der Waals surface area contributed by atoms with Crippen LogP contribution in [-0.4, -0.2) is 42.1 Å². The lowest BCUT2D eigenvalue weighted by atomic mass is 9.93. The molecule has 8 heteroatoms. The molecule has 0 spiro atoms. The quantitative estimate of drug-likeness (QED) is 0.483. The molecule has 0 aromatic heterocycles. The Bertz CT molecular complexity index is 1230. The van der Waals surface area contributed by atoms with Gasteiger partial charge < -0.3 is 14.8 Å². The lowest BCUT2D eigenvalue weighted by Gasteiger charge is -2.35. The minimum atomic E-state index is -0.971. The van der Waals surface area contributed by atoms with Crippen LogP contribution in [-0.2, 0) is 45.1 Å². The van der Waals surface area contributed by atoms with Crippen molar-refractivity contribution in [1.29, 1.82) is 0 Å². The zero-order chi connectivity index (χ0) is 25.5. The highest BCUT2D eigenvalue weighted by molar-refractivity contribution is 6.31. The summed E-state index contributed by atoms with van der Waals surface area (Å²) in [4.78, 5) is 40.6. The van der Waals surface area contributed by atoms with Crippen LogP contribution in [0.3, 0.4) is 0 Å². The van der Waals surface area contributed by atoms with Gasteiger partial charge in [0.15, 0.2) is 0 Å². The van der Waals surface area contributed by atoms with Crippen LogP contribution in [0.1, 0.15) is 22.3 Å². The maximum absolute atomic E-state index is 13.5. The molecule has 0 fully saturated rings. The second kappa shape index (κ2) is 11.7. The van der Waals surface area contributed by atoms with Crippen molar-refractivity contribution in [2.45, 2.75) is 38.1 Å². The predicted octanol–water partition coefficient (Wildman–Crippen LogP) is 4.30. The fourth-order valence-corrected chi connectivity index (χ4v) is 4.45. The minimum absolute atomic E-state index is 0.0868. The molecule has 0 radical (unpaired) electrons. The number of halogens is 1. The van der Waals surface area contributed by atoms with Crippen molar-refractivity contribution in [3.8, 4) is 0 Å². The molecule has 3 aromatic rings. The molecule has 1 aliphatic heterocycles. The topological polar surface area (TPSA) is 84.9 Å². The second-order valence-corrected chi connectivity index (χ2v) is 8.94. The lowest BCUT2D eigenvalue weighted by molar-refractivity contribution is -0.145. The van der Waals surface area contributed by atoms with Gasteiger partial charge in [0.05, 0.1) is 13.7 Å². The molecule has 36 heavy (non-hydrogen) atoms. The molecule has 0 saturated carbocycles. The van der Waals surface area contributed by atoms with Gasteiger partial charge in [-0.05, 0) is 28.3 Å². The van der Waals surface area contributed by atoms with Gasteiger partial charge >= 0.3 is 12.1 Å². The fourth-order valence-electron chi connectivity index (χ4n) is 4.24. The van der Waals surface area contributed by atoms with E-state index in [1.54, 1.807) is 24.3 Å². The predicted molar refractivity (Wildman–Crippen MR) is 135 cm³/mol. The smallest absolute Gasteiger partial charge is 0.411 e. The summed E-state index contributed by atoms with van der Waals surface area (Å²) in [5.41, 5.74) is 3.45. The third-order valence-electron chi connectivity index (χ3n) is 6.17.